The number of nitro groups is 2. The molecule has 21 aromatic carbocycles. The number of fused-ring (bicyclic) bond motifs is 6. The maximum absolute atomic E-state index is 11.2. The number of hydrogen-bond donors (Lipinski definition) is 0. The number of anilines is 15. The van der Waals surface area contributed by atoms with E-state index >= 15 is 0 Å². The van der Waals surface area contributed by atoms with Crippen molar-refractivity contribution in [3.8, 4) is 39.4 Å². The molecule has 0 aliphatic rings. The maximum atomic E-state index is 11.2. The normalized spacial score (nSPS) is 11.0. The fourth-order valence-electron chi connectivity index (χ4n) is 17.5. The Labute approximate surface area is 760 Å². The molecular weight excluding hydrogens is 1610 g/mol. The summed E-state index contributed by atoms with van der Waals surface area (Å²) < 4.78 is 0. The fourth-order valence-corrected chi connectivity index (χ4v) is 17.5. The molecule has 0 saturated heterocycles. The quantitative estimate of drug-likeness (QED) is 0.0534. The lowest BCUT2D eigenvalue weighted by molar-refractivity contribution is -0.385. The van der Waals surface area contributed by atoms with Crippen molar-refractivity contribution in [2.24, 2.45) is 0 Å². The maximum Gasteiger partial charge on any atom is 0.271 e. The molecule has 131 heavy (non-hydrogen) atoms. The van der Waals surface area contributed by atoms with Crippen LogP contribution in [0.5, 0.6) is 0 Å². The first-order chi connectivity index (χ1) is 64.3. The van der Waals surface area contributed by atoms with E-state index in [2.05, 4.69) is 414 Å². The second-order valence-corrected chi connectivity index (χ2v) is 32.2. The van der Waals surface area contributed by atoms with Crippen molar-refractivity contribution in [1.29, 1.82) is 5.26 Å². The summed E-state index contributed by atoms with van der Waals surface area (Å²) in [6, 6.07) is 165. The van der Waals surface area contributed by atoms with Crippen molar-refractivity contribution in [2.75, 3.05) is 50.5 Å². The minimum absolute atomic E-state index is 0.0760. The zero-order valence-electron chi connectivity index (χ0n) is 72.2. The number of nitrogens with zero attached hydrogens (tertiary/aromatic N) is 9. The summed E-state index contributed by atoms with van der Waals surface area (Å²) in [7, 11) is 5.92. The van der Waals surface area contributed by atoms with Crippen LogP contribution in [0.25, 0.3) is 98.0 Å². The third-order valence-corrected chi connectivity index (χ3v) is 24.4. The SMILES string of the molecule is CN(c1ccc(-c2ccc(N(c3cccc4ccccc34)c3cccc4ccccc34)cc2)cc1)c1ccc([N+](=O)[O-])cc1.CN(c1ccc(-c2ccc(N(c3cccc4ccccc34)c3cccc4ccccc34)cc2)cc1)c1cccc([N+](=O)[O-])c1.CN(c1ccc(C#N)cc1)c1ccc(-c2ccc(N(c3cccc4ccccc34)c3cccc4ccccc34)cc2)cc1. The van der Waals surface area contributed by atoms with Crippen molar-refractivity contribution in [3.05, 3.63) is 499 Å². The summed E-state index contributed by atoms with van der Waals surface area (Å²) in [5.41, 5.74) is 23.4. The van der Waals surface area contributed by atoms with Gasteiger partial charge in [-0.2, -0.15) is 5.26 Å². The molecule has 0 spiro atoms. The van der Waals surface area contributed by atoms with Crippen molar-refractivity contribution < 1.29 is 9.85 Å². The van der Waals surface area contributed by atoms with Crippen molar-refractivity contribution in [2.45, 2.75) is 0 Å². The molecule has 0 aliphatic carbocycles. The van der Waals surface area contributed by atoms with Gasteiger partial charge in [0.05, 0.1) is 55.6 Å². The monoisotopic (exact) mass is 1690 g/mol. The van der Waals surface area contributed by atoms with E-state index in [-0.39, 0.29) is 21.2 Å². The predicted molar refractivity (Wildman–Crippen MR) is 546 cm³/mol. The first-order valence-electron chi connectivity index (χ1n) is 43.4. The number of rotatable bonds is 20. The van der Waals surface area contributed by atoms with Gasteiger partial charge < -0.3 is 29.4 Å². The van der Waals surface area contributed by atoms with Crippen LogP contribution in [0.4, 0.5) is 96.7 Å². The lowest BCUT2D eigenvalue weighted by atomic mass is 10.0. The summed E-state index contributed by atoms with van der Waals surface area (Å²) in [5.74, 6) is 0. The molecular formula is C118H87N9O4. The van der Waals surface area contributed by atoms with Gasteiger partial charge in [-0.25, -0.2) is 0 Å². The predicted octanol–water partition coefficient (Wildman–Crippen LogP) is 32.4. The Morgan fingerprint density at radius 1 is 0.206 bits per heavy atom. The van der Waals surface area contributed by atoms with E-state index in [0.717, 1.165) is 119 Å². The minimum atomic E-state index is -0.382. The molecule has 0 atom stereocenters. The van der Waals surface area contributed by atoms with Gasteiger partial charge in [0.1, 0.15) is 0 Å². The van der Waals surface area contributed by atoms with E-state index in [1.54, 1.807) is 24.3 Å². The third kappa shape index (κ3) is 17.4. The lowest BCUT2D eigenvalue weighted by Crippen LogP contribution is -2.11. The second-order valence-electron chi connectivity index (χ2n) is 32.2. The smallest absolute Gasteiger partial charge is 0.271 e. The Morgan fingerprint density at radius 2 is 0.405 bits per heavy atom. The van der Waals surface area contributed by atoms with Gasteiger partial charge in [0, 0.05) is 129 Å². The fraction of sp³-hybridized carbons (Fsp3) is 0.0254. The molecule has 13 nitrogen and oxygen atoms in total. The highest BCUT2D eigenvalue weighted by atomic mass is 16.6. The lowest BCUT2D eigenvalue weighted by Gasteiger charge is -2.28. The average molecular weight is 1700 g/mol. The highest BCUT2D eigenvalue weighted by Gasteiger charge is 2.24. The van der Waals surface area contributed by atoms with Crippen LogP contribution < -0.4 is 29.4 Å². The van der Waals surface area contributed by atoms with E-state index < -0.39 is 0 Å². The van der Waals surface area contributed by atoms with E-state index in [0.29, 0.717) is 5.56 Å². The molecule has 0 saturated carbocycles. The molecule has 0 heterocycles. The molecule has 0 N–H and O–H groups in total. The molecule has 0 fully saturated rings. The van der Waals surface area contributed by atoms with Crippen LogP contribution in [0.2, 0.25) is 0 Å². The molecule has 21 rings (SSSR count). The zero-order chi connectivity index (χ0) is 89.3. The zero-order valence-corrected chi connectivity index (χ0v) is 72.2. The van der Waals surface area contributed by atoms with Crippen molar-refractivity contribution in [1.82, 2.24) is 0 Å². The van der Waals surface area contributed by atoms with Crippen LogP contribution in [-0.4, -0.2) is 31.0 Å². The minimum Gasteiger partial charge on any atom is -0.345 e. The second kappa shape index (κ2) is 37.2. The first-order valence-corrected chi connectivity index (χ1v) is 43.4. The summed E-state index contributed by atoms with van der Waals surface area (Å²) in [5, 5.41) is 45.8. The summed E-state index contributed by atoms with van der Waals surface area (Å²) in [6.45, 7) is 0. The Balaban J connectivity index is 0.000000127. The molecule has 0 unspecified atom stereocenters. The Hall–Kier alpha value is -17.7. The number of nitriles is 1. The van der Waals surface area contributed by atoms with Gasteiger partial charge in [0.15, 0.2) is 0 Å². The molecule has 0 bridgehead atoms. The van der Waals surface area contributed by atoms with Gasteiger partial charge in [-0.05, 0) is 217 Å². The van der Waals surface area contributed by atoms with Crippen LogP contribution in [0.15, 0.2) is 473 Å². The van der Waals surface area contributed by atoms with Crippen LogP contribution in [0.1, 0.15) is 5.56 Å². The molecule has 21 aromatic rings. The van der Waals surface area contributed by atoms with Gasteiger partial charge in [-0.15, -0.1) is 0 Å². The Morgan fingerprint density at radius 3 is 0.641 bits per heavy atom. The molecule has 0 radical (unpaired) electrons. The van der Waals surface area contributed by atoms with E-state index in [9.17, 15) is 20.2 Å². The third-order valence-electron chi connectivity index (χ3n) is 24.4. The van der Waals surface area contributed by atoms with Crippen LogP contribution in [0.3, 0.4) is 0 Å². The first kappa shape index (κ1) is 82.9. The summed E-state index contributed by atoms with van der Waals surface area (Å²) in [6.07, 6.45) is 0. The van der Waals surface area contributed by atoms with Crippen LogP contribution in [0, 0.1) is 31.6 Å². The van der Waals surface area contributed by atoms with Crippen LogP contribution >= 0.6 is 0 Å². The van der Waals surface area contributed by atoms with Gasteiger partial charge >= 0.3 is 0 Å². The van der Waals surface area contributed by atoms with Gasteiger partial charge in [0.2, 0.25) is 0 Å². The Kier molecular flexibility index (Phi) is 23.5. The number of benzene rings is 21. The van der Waals surface area contributed by atoms with Crippen molar-refractivity contribution >= 4 is 161 Å². The summed E-state index contributed by atoms with van der Waals surface area (Å²) in [4.78, 5) is 34.7. The molecule has 0 aromatic heterocycles. The van der Waals surface area contributed by atoms with E-state index in [4.69, 9.17) is 5.26 Å². The number of hydrogen-bond acceptors (Lipinski definition) is 11. The topological polar surface area (TPSA) is 130 Å². The highest BCUT2D eigenvalue weighted by molar-refractivity contribution is 6.08. The Bertz CT molecular complexity index is 7520. The molecule has 0 aliphatic heterocycles. The largest absolute Gasteiger partial charge is 0.345 e. The van der Waals surface area contributed by atoms with E-state index in [1.165, 1.54) is 82.8 Å². The van der Waals surface area contributed by atoms with E-state index in [1.807, 2.05) is 73.4 Å². The molecule has 628 valence electrons. The number of non-ortho nitro benzene ring substituents is 2. The average Bonchev–Trinajstić information content (AvgIpc) is 0.768. The van der Waals surface area contributed by atoms with Crippen molar-refractivity contribution in [3.63, 3.8) is 0 Å². The van der Waals surface area contributed by atoms with Crippen LogP contribution in [-0.2, 0) is 0 Å². The number of nitro benzene ring substituents is 2. The highest BCUT2D eigenvalue weighted by Crippen LogP contribution is 2.48. The van der Waals surface area contributed by atoms with Gasteiger partial charge in [-0.1, -0.05) is 297 Å². The molecule has 0 amide bonds. The van der Waals surface area contributed by atoms with Gasteiger partial charge in [-0.3, -0.25) is 20.2 Å². The standard InChI is InChI=1S/C40H29N3.2C39H29N3O2/c1-42(34-22-16-29(28-41)17-23-34)35-24-18-30(19-25-35)31-20-26-36(27-21-31)43(39-14-6-10-32-8-2-4-12-37(32)39)40-15-7-11-33-9-3-5-13-38(33)40;1-40(34-13-8-14-35(27-34)42(43)44)32-23-19-28(20-24-32)29-21-25-33(26-22-29)41(38-17-6-11-30-9-2-4-15-36(30)38)39-18-7-12-31-10-3-5-16-37(31)39;1-40(33-24-26-35(27-25-33)42(43)44)32-20-16-28(17-21-32)29-18-22-34(23-19-29)41(38-14-6-10-30-8-2-4-12-36(30)38)39-15-7-11-31-9-3-5-13-37(31)39/h2-27H,1H3;2*2-27H,1H3. The molecule has 13 heteroatoms. The summed E-state index contributed by atoms with van der Waals surface area (Å²) >= 11 is 0. The van der Waals surface area contributed by atoms with Gasteiger partial charge in [0.25, 0.3) is 11.4 Å².